The zero-order valence-corrected chi connectivity index (χ0v) is 19.4. The summed E-state index contributed by atoms with van der Waals surface area (Å²) in [5.74, 6) is -2.25. The second kappa shape index (κ2) is 13.2. The SMILES string of the molecule is CSCCC(NC(=O)C(N)Cc1ccccc1)C(=O)N1CCCC1C(=O)NC(CO)C(=O)O. The van der Waals surface area contributed by atoms with E-state index in [0.717, 1.165) is 5.56 Å². The van der Waals surface area contributed by atoms with Gasteiger partial charge < -0.3 is 31.5 Å². The molecule has 1 aliphatic heterocycles. The molecule has 0 radical (unpaired) electrons. The molecule has 1 fully saturated rings. The van der Waals surface area contributed by atoms with Gasteiger partial charge in [-0.3, -0.25) is 14.4 Å². The number of hydrogen-bond donors (Lipinski definition) is 5. The monoisotopic (exact) mass is 480 g/mol. The number of likely N-dealkylation sites (tertiary alicyclic amines) is 1. The molecule has 1 aliphatic rings. The van der Waals surface area contributed by atoms with Gasteiger partial charge in [0.15, 0.2) is 0 Å². The third-order valence-electron chi connectivity index (χ3n) is 5.50. The maximum atomic E-state index is 13.3. The van der Waals surface area contributed by atoms with E-state index >= 15 is 0 Å². The van der Waals surface area contributed by atoms with E-state index in [1.807, 2.05) is 36.6 Å². The van der Waals surface area contributed by atoms with Gasteiger partial charge in [-0.05, 0) is 43.3 Å². The standard InChI is InChI=1S/C22H32N4O6S/c1-33-11-9-16(24-19(28)15(23)12-14-6-3-2-4-7-14)21(30)26-10-5-8-18(26)20(29)25-17(13-27)22(31)32/h2-4,6-7,15-18,27H,5,8-13,23H2,1H3,(H,24,28)(H,25,29)(H,31,32). The number of nitrogens with zero attached hydrogens (tertiary/aromatic N) is 1. The van der Waals surface area contributed by atoms with Crippen LogP contribution in [0.25, 0.3) is 0 Å². The molecule has 0 spiro atoms. The number of aliphatic carboxylic acids is 1. The minimum absolute atomic E-state index is 0.315. The Bertz CT molecular complexity index is 824. The number of carboxylic acid groups (broad SMARTS) is 1. The molecule has 2 rings (SSSR count). The number of hydrogen-bond acceptors (Lipinski definition) is 7. The van der Waals surface area contributed by atoms with Crippen molar-refractivity contribution in [2.75, 3.05) is 25.2 Å². The number of rotatable bonds is 12. The molecule has 0 saturated carbocycles. The Kier molecular flexibility index (Phi) is 10.6. The fraction of sp³-hybridized carbons (Fsp3) is 0.545. The molecule has 1 heterocycles. The molecule has 0 aliphatic carbocycles. The molecule has 11 heteroatoms. The lowest BCUT2D eigenvalue weighted by Gasteiger charge is -2.29. The first kappa shape index (κ1) is 26.6. The van der Waals surface area contributed by atoms with E-state index in [1.54, 1.807) is 0 Å². The highest BCUT2D eigenvalue weighted by atomic mass is 32.2. The molecule has 1 aromatic rings. The third kappa shape index (κ3) is 7.72. The van der Waals surface area contributed by atoms with Gasteiger partial charge in [-0.1, -0.05) is 30.3 Å². The van der Waals surface area contributed by atoms with Crippen LogP contribution < -0.4 is 16.4 Å². The van der Waals surface area contributed by atoms with Crippen molar-refractivity contribution >= 4 is 35.5 Å². The van der Waals surface area contributed by atoms with Crippen molar-refractivity contribution < 1.29 is 29.4 Å². The van der Waals surface area contributed by atoms with Crippen LogP contribution in [0, 0.1) is 0 Å². The lowest BCUT2D eigenvalue weighted by Crippen LogP contribution is -2.57. The van der Waals surface area contributed by atoms with Crippen LogP contribution in [-0.2, 0) is 25.6 Å². The molecule has 1 aromatic carbocycles. The number of nitrogens with two attached hydrogens (primary N) is 1. The summed E-state index contributed by atoms with van der Waals surface area (Å²) in [6.07, 6.45) is 3.51. The number of carboxylic acids is 1. The zero-order chi connectivity index (χ0) is 24.4. The Hall–Kier alpha value is -2.63. The summed E-state index contributed by atoms with van der Waals surface area (Å²) in [5.41, 5.74) is 6.97. The molecule has 0 bridgehead atoms. The summed E-state index contributed by atoms with van der Waals surface area (Å²) in [6, 6.07) is 5.32. The molecule has 0 aromatic heterocycles. The first-order chi connectivity index (χ1) is 15.8. The Labute approximate surface area is 197 Å². The van der Waals surface area contributed by atoms with Gasteiger partial charge in [0.05, 0.1) is 12.6 Å². The second-order valence-electron chi connectivity index (χ2n) is 7.91. The number of aliphatic hydroxyl groups is 1. The van der Waals surface area contributed by atoms with Crippen molar-refractivity contribution in [3.63, 3.8) is 0 Å². The number of thioether (sulfide) groups is 1. The lowest BCUT2D eigenvalue weighted by atomic mass is 10.1. The number of carbonyl (C=O) groups is 4. The summed E-state index contributed by atoms with van der Waals surface area (Å²) < 4.78 is 0. The van der Waals surface area contributed by atoms with E-state index < -0.39 is 54.5 Å². The molecule has 33 heavy (non-hydrogen) atoms. The normalized spacial score (nSPS) is 18.3. The topological polar surface area (TPSA) is 162 Å². The van der Waals surface area contributed by atoms with Crippen molar-refractivity contribution in [2.24, 2.45) is 5.73 Å². The van der Waals surface area contributed by atoms with E-state index in [-0.39, 0.29) is 0 Å². The fourth-order valence-corrected chi connectivity index (χ4v) is 4.16. The van der Waals surface area contributed by atoms with Gasteiger partial charge in [0.2, 0.25) is 17.7 Å². The molecule has 6 N–H and O–H groups in total. The van der Waals surface area contributed by atoms with Crippen LogP contribution in [0.5, 0.6) is 0 Å². The van der Waals surface area contributed by atoms with Crippen LogP contribution in [0.4, 0.5) is 0 Å². The number of nitrogens with one attached hydrogen (secondary N) is 2. The number of aliphatic hydroxyl groups excluding tert-OH is 1. The maximum absolute atomic E-state index is 13.3. The number of benzene rings is 1. The van der Waals surface area contributed by atoms with Gasteiger partial charge in [0.1, 0.15) is 18.1 Å². The highest BCUT2D eigenvalue weighted by Crippen LogP contribution is 2.20. The van der Waals surface area contributed by atoms with Gasteiger partial charge in [-0.2, -0.15) is 11.8 Å². The quantitative estimate of drug-likeness (QED) is 0.263. The van der Waals surface area contributed by atoms with Crippen molar-refractivity contribution in [3.05, 3.63) is 35.9 Å². The van der Waals surface area contributed by atoms with Gasteiger partial charge >= 0.3 is 5.97 Å². The molecule has 3 amide bonds. The van der Waals surface area contributed by atoms with Crippen molar-refractivity contribution in [1.29, 1.82) is 0 Å². The predicted octanol–water partition coefficient (Wildman–Crippen LogP) is -0.653. The van der Waals surface area contributed by atoms with Crippen LogP contribution in [0.1, 0.15) is 24.8 Å². The molecule has 4 atom stereocenters. The van der Waals surface area contributed by atoms with Crippen LogP contribution in [0.15, 0.2) is 30.3 Å². The fourth-order valence-electron chi connectivity index (χ4n) is 3.69. The average molecular weight is 481 g/mol. The van der Waals surface area contributed by atoms with E-state index in [9.17, 15) is 19.2 Å². The predicted molar refractivity (Wildman–Crippen MR) is 124 cm³/mol. The molecule has 1 saturated heterocycles. The van der Waals surface area contributed by atoms with Crippen LogP contribution in [-0.4, -0.2) is 88.1 Å². The van der Waals surface area contributed by atoms with Crippen molar-refractivity contribution in [2.45, 2.75) is 49.9 Å². The van der Waals surface area contributed by atoms with Crippen molar-refractivity contribution in [3.8, 4) is 0 Å². The average Bonchev–Trinajstić information content (AvgIpc) is 3.30. The molecule has 182 valence electrons. The largest absolute Gasteiger partial charge is 0.480 e. The highest BCUT2D eigenvalue weighted by Gasteiger charge is 2.38. The Morgan fingerprint density at radius 2 is 1.88 bits per heavy atom. The molecule has 4 unspecified atom stereocenters. The Balaban J connectivity index is 2.07. The number of carbonyl (C=O) groups excluding carboxylic acids is 3. The molecule has 10 nitrogen and oxygen atoms in total. The smallest absolute Gasteiger partial charge is 0.328 e. The Morgan fingerprint density at radius 3 is 2.48 bits per heavy atom. The molecular weight excluding hydrogens is 448 g/mol. The minimum Gasteiger partial charge on any atom is -0.480 e. The van der Waals surface area contributed by atoms with Gasteiger partial charge in [0.25, 0.3) is 0 Å². The van der Waals surface area contributed by atoms with E-state index in [2.05, 4.69) is 10.6 Å². The van der Waals surface area contributed by atoms with Crippen LogP contribution in [0.3, 0.4) is 0 Å². The highest BCUT2D eigenvalue weighted by molar-refractivity contribution is 7.98. The minimum atomic E-state index is -1.45. The van der Waals surface area contributed by atoms with Gasteiger partial charge in [-0.25, -0.2) is 4.79 Å². The first-order valence-corrected chi connectivity index (χ1v) is 12.2. The summed E-state index contributed by atoms with van der Waals surface area (Å²) in [6.45, 7) is -0.442. The summed E-state index contributed by atoms with van der Waals surface area (Å²) in [7, 11) is 0. The first-order valence-electron chi connectivity index (χ1n) is 10.8. The summed E-state index contributed by atoms with van der Waals surface area (Å²) in [5, 5.41) is 23.2. The third-order valence-corrected chi connectivity index (χ3v) is 6.14. The van der Waals surface area contributed by atoms with E-state index in [0.29, 0.717) is 38.0 Å². The summed E-state index contributed by atoms with van der Waals surface area (Å²) in [4.78, 5) is 51.1. The van der Waals surface area contributed by atoms with E-state index in [4.69, 9.17) is 15.9 Å². The van der Waals surface area contributed by atoms with E-state index in [1.165, 1.54) is 16.7 Å². The van der Waals surface area contributed by atoms with Gasteiger partial charge in [0, 0.05) is 6.54 Å². The summed E-state index contributed by atoms with van der Waals surface area (Å²) >= 11 is 1.52. The van der Waals surface area contributed by atoms with Crippen LogP contribution >= 0.6 is 11.8 Å². The second-order valence-corrected chi connectivity index (χ2v) is 8.90. The van der Waals surface area contributed by atoms with Crippen LogP contribution in [0.2, 0.25) is 0 Å². The maximum Gasteiger partial charge on any atom is 0.328 e. The van der Waals surface area contributed by atoms with Crippen molar-refractivity contribution in [1.82, 2.24) is 15.5 Å². The van der Waals surface area contributed by atoms with Gasteiger partial charge in [-0.15, -0.1) is 0 Å². The number of amides is 3. The Morgan fingerprint density at radius 1 is 1.18 bits per heavy atom. The zero-order valence-electron chi connectivity index (χ0n) is 18.6. The lowest BCUT2D eigenvalue weighted by molar-refractivity contribution is -0.145. The molecular formula is C22H32N4O6S.